The SMILES string of the molecule is C=C/C=C(\C=C/C)CC1COC(=O)N1C(=O)CC1CC1. The van der Waals surface area contributed by atoms with Crippen LogP contribution in [0.2, 0.25) is 0 Å². The molecule has 1 aliphatic carbocycles. The van der Waals surface area contributed by atoms with Crippen molar-refractivity contribution in [3.05, 3.63) is 36.5 Å². The van der Waals surface area contributed by atoms with Crippen molar-refractivity contribution in [2.45, 2.75) is 38.6 Å². The van der Waals surface area contributed by atoms with E-state index in [1.54, 1.807) is 6.08 Å². The molecule has 1 heterocycles. The minimum absolute atomic E-state index is 0.0987. The van der Waals surface area contributed by atoms with E-state index < -0.39 is 6.09 Å². The summed E-state index contributed by atoms with van der Waals surface area (Å²) >= 11 is 0. The maximum atomic E-state index is 12.2. The van der Waals surface area contributed by atoms with Crippen molar-refractivity contribution in [3.63, 3.8) is 0 Å². The Hall–Kier alpha value is -1.84. The van der Waals surface area contributed by atoms with Crippen molar-refractivity contribution >= 4 is 12.0 Å². The second-order valence-electron chi connectivity index (χ2n) is 5.32. The number of hydrogen-bond donors (Lipinski definition) is 0. The van der Waals surface area contributed by atoms with Crippen LogP contribution in [0.3, 0.4) is 0 Å². The van der Waals surface area contributed by atoms with Gasteiger partial charge in [0, 0.05) is 6.42 Å². The number of rotatable bonds is 6. The molecule has 2 aliphatic rings. The molecule has 0 aromatic rings. The number of amides is 2. The molecule has 1 aliphatic heterocycles. The second kappa shape index (κ2) is 6.55. The van der Waals surface area contributed by atoms with Crippen LogP contribution >= 0.6 is 0 Å². The summed E-state index contributed by atoms with van der Waals surface area (Å²) in [6, 6.07) is -0.198. The third-order valence-electron chi connectivity index (χ3n) is 3.57. The summed E-state index contributed by atoms with van der Waals surface area (Å²) in [5.74, 6) is 0.369. The van der Waals surface area contributed by atoms with Crippen LogP contribution in [-0.4, -0.2) is 29.5 Å². The van der Waals surface area contributed by atoms with E-state index >= 15 is 0 Å². The van der Waals surface area contributed by atoms with Crippen LogP contribution in [0.1, 0.15) is 32.6 Å². The van der Waals surface area contributed by atoms with Gasteiger partial charge in [0.05, 0.1) is 6.04 Å². The quantitative estimate of drug-likeness (QED) is 0.699. The molecule has 2 fully saturated rings. The van der Waals surface area contributed by atoms with Gasteiger partial charge in [-0.2, -0.15) is 0 Å². The van der Waals surface area contributed by atoms with Gasteiger partial charge in [-0.3, -0.25) is 4.79 Å². The summed E-state index contributed by atoms with van der Waals surface area (Å²) in [7, 11) is 0. The van der Waals surface area contributed by atoms with Gasteiger partial charge in [-0.15, -0.1) is 0 Å². The first-order chi connectivity index (χ1) is 9.65. The minimum atomic E-state index is -0.501. The Balaban J connectivity index is 2.04. The smallest absolute Gasteiger partial charge is 0.416 e. The van der Waals surface area contributed by atoms with Gasteiger partial charge in [0.15, 0.2) is 0 Å². The number of carbonyl (C=O) groups is 2. The normalized spacial score (nSPS) is 23.2. The van der Waals surface area contributed by atoms with E-state index in [0.29, 0.717) is 18.8 Å². The number of allylic oxidation sites excluding steroid dienone is 4. The van der Waals surface area contributed by atoms with E-state index in [2.05, 4.69) is 6.58 Å². The highest BCUT2D eigenvalue weighted by Crippen LogP contribution is 2.34. The molecule has 0 radical (unpaired) electrons. The standard InChI is InChI=1S/C16H21NO3/c1-3-5-12(6-4-2)9-14-11-20-16(19)17(14)15(18)10-13-7-8-13/h3-6,13-14H,1,7-11H2,2H3/b6-4-,12-5+. The zero-order valence-electron chi connectivity index (χ0n) is 11.9. The maximum absolute atomic E-state index is 12.2. The third-order valence-corrected chi connectivity index (χ3v) is 3.57. The molecule has 20 heavy (non-hydrogen) atoms. The molecule has 2 amide bonds. The monoisotopic (exact) mass is 275 g/mol. The van der Waals surface area contributed by atoms with Gasteiger partial charge < -0.3 is 4.74 Å². The number of imide groups is 1. The Bertz CT molecular complexity index is 460. The molecule has 4 heteroatoms. The van der Waals surface area contributed by atoms with E-state index in [4.69, 9.17) is 4.74 Å². The van der Waals surface area contributed by atoms with Crippen molar-refractivity contribution in [2.24, 2.45) is 5.92 Å². The fraction of sp³-hybridized carbons (Fsp3) is 0.500. The summed E-state index contributed by atoms with van der Waals surface area (Å²) in [5, 5.41) is 0. The zero-order chi connectivity index (χ0) is 14.5. The molecule has 1 atom stereocenters. The van der Waals surface area contributed by atoms with Gasteiger partial charge in [-0.1, -0.05) is 30.9 Å². The van der Waals surface area contributed by atoms with Crippen LogP contribution < -0.4 is 0 Å². The lowest BCUT2D eigenvalue weighted by Gasteiger charge is -2.20. The molecule has 0 aromatic carbocycles. The summed E-state index contributed by atoms with van der Waals surface area (Å²) in [6.45, 7) is 5.90. The van der Waals surface area contributed by atoms with Crippen LogP contribution in [0.5, 0.6) is 0 Å². The average molecular weight is 275 g/mol. The van der Waals surface area contributed by atoms with Gasteiger partial charge in [-0.25, -0.2) is 9.69 Å². The molecule has 108 valence electrons. The Morgan fingerprint density at radius 1 is 1.45 bits per heavy atom. The van der Waals surface area contributed by atoms with Crippen LogP contribution in [-0.2, 0) is 9.53 Å². The van der Waals surface area contributed by atoms with Gasteiger partial charge in [0.1, 0.15) is 6.61 Å². The lowest BCUT2D eigenvalue weighted by Crippen LogP contribution is -2.39. The number of carbonyl (C=O) groups excluding carboxylic acids is 2. The summed E-state index contributed by atoms with van der Waals surface area (Å²) < 4.78 is 5.05. The first kappa shape index (κ1) is 14.6. The largest absolute Gasteiger partial charge is 0.447 e. The third kappa shape index (κ3) is 3.59. The molecule has 0 spiro atoms. The van der Waals surface area contributed by atoms with E-state index in [0.717, 1.165) is 18.4 Å². The van der Waals surface area contributed by atoms with Crippen molar-refractivity contribution in [3.8, 4) is 0 Å². The highest BCUT2D eigenvalue weighted by molar-refractivity contribution is 5.93. The predicted molar refractivity (Wildman–Crippen MR) is 77.0 cm³/mol. The van der Waals surface area contributed by atoms with Crippen molar-refractivity contribution in [1.82, 2.24) is 4.90 Å². The number of ether oxygens (including phenoxy) is 1. The van der Waals surface area contributed by atoms with E-state index in [9.17, 15) is 9.59 Å². The lowest BCUT2D eigenvalue weighted by atomic mass is 10.0. The highest BCUT2D eigenvalue weighted by atomic mass is 16.6. The molecule has 4 nitrogen and oxygen atoms in total. The molecule has 2 rings (SSSR count). The molecule has 0 bridgehead atoms. The Labute approximate surface area is 119 Å². The molecule has 0 N–H and O–H groups in total. The van der Waals surface area contributed by atoms with Crippen LogP contribution in [0, 0.1) is 5.92 Å². The Morgan fingerprint density at radius 3 is 2.80 bits per heavy atom. The second-order valence-corrected chi connectivity index (χ2v) is 5.32. The van der Waals surface area contributed by atoms with E-state index in [-0.39, 0.29) is 18.6 Å². The number of hydrogen-bond acceptors (Lipinski definition) is 3. The van der Waals surface area contributed by atoms with Gasteiger partial charge in [-0.05, 0) is 37.7 Å². The Kier molecular flexibility index (Phi) is 4.77. The number of cyclic esters (lactones) is 1. The fourth-order valence-corrected chi connectivity index (χ4v) is 2.41. The van der Waals surface area contributed by atoms with Gasteiger partial charge >= 0.3 is 6.09 Å². The van der Waals surface area contributed by atoms with E-state index in [1.165, 1.54) is 4.90 Å². The molecular weight excluding hydrogens is 254 g/mol. The predicted octanol–water partition coefficient (Wildman–Crippen LogP) is 3.21. The van der Waals surface area contributed by atoms with Gasteiger partial charge in [0.2, 0.25) is 5.91 Å². The zero-order valence-corrected chi connectivity index (χ0v) is 11.9. The maximum Gasteiger partial charge on any atom is 0.416 e. The van der Waals surface area contributed by atoms with Crippen LogP contribution in [0.25, 0.3) is 0 Å². The fourth-order valence-electron chi connectivity index (χ4n) is 2.41. The lowest BCUT2D eigenvalue weighted by molar-refractivity contribution is -0.129. The van der Waals surface area contributed by atoms with Crippen molar-refractivity contribution in [2.75, 3.05) is 6.61 Å². The van der Waals surface area contributed by atoms with E-state index in [1.807, 2.05) is 25.2 Å². The van der Waals surface area contributed by atoms with Crippen LogP contribution in [0.15, 0.2) is 36.5 Å². The topological polar surface area (TPSA) is 46.6 Å². The van der Waals surface area contributed by atoms with Crippen LogP contribution in [0.4, 0.5) is 4.79 Å². The molecule has 1 unspecified atom stereocenters. The minimum Gasteiger partial charge on any atom is -0.447 e. The average Bonchev–Trinajstić information content (AvgIpc) is 3.13. The first-order valence-corrected chi connectivity index (χ1v) is 7.08. The highest BCUT2D eigenvalue weighted by Gasteiger charge is 2.39. The summed E-state index contributed by atoms with van der Waals surface area (Å²) in [6.07, 6.45) is 10.3. The number of nitrogens with zero attached hydrogens (tertiary/aromatic N) is 1. The Morgan fingerprint density at radius 2 is 2.20 bits per heavy atom. The van der Waals surface area contributed by atoms with Crippen molar-refractivity contribution in [1.29, 1.82) is 0 Å². The summed E-state index contributed by atoms with van der Waals surface area (Å²) in [5.41, 5.74) is 1.04. The molecule has 1 saturated heterocycles. The molecule has 0 aromatic heterocycles. The summed E-state index contributed by atoms with van der Waals surface area (Å²) in [4.78, 5) is 25.2. The van der Waals surface area contributed by atoms with Crippen molar-refractivity contribution < 1.29 is 14.3 Å². The molecular formula is C16H21NO3. The van der Waals surface area contributed by atoms with Gasteiger partial charge in [0.25, 0.3) is 0 Å². The molecule has 1 saturated carbocycles. The first-order valence-electron chi connectivity index (χ1n) is 7.08.